The van der Waals surface area contributed by atoms with Gasteiger partial charge in [-0.1, -0.05) is 0 Å². The average molecular weight is 314 g/mol. The zero-order chi connectivity index (χ0) is 15.6. The zero-order valence-corrected chi connectivity index (χ0v) is 11.4. The summed E-state index contributed by atoms with van der Waals surface area (Å²) in [6.45, 7) is 0. The molecule has 4 aliphatic carbocycles. The second kappa shape index (κ2) is 4.54. The average Bonchev–Trinajstić information content (AvgIpc) is 2.34. The number of hydrogen-bond acceptors (Lipinski definition) is 2. The molecule has 2 nitrogen and oxygen atoms in total. The Morgan fingerprint density at radius 2 is 1.19 bits per heavy atom. The van der Waals surface area contributed by atoms with Crippen LogP contribution in [0.5, 0.6) is 0 Å². The Balaban J connectivity index is 1.86. The first-order valence-electron chi connectivity index (χ1n) is 7.35. The van der Waals surface area contributed by atoms with Crippen LogP contribution in [0.4, 0.5) is 22.0 Å². The molecule has 0 saturated heterocycles. The highest BCUT2D eigenvalue weighted by molar-refractivity contribution is 5.08. The molecule has 4 rings (SSSR count). The molecule has 2 unspecified atom stereocenters. The summed E-state index contributed by atoms with van der Waals surface area (Å²) >= 11 is 0. The van der Waals surface area contributed by atoms with E-state index < -0.39 is 29.7 Å². The van der Waals surface area contributed by atoms with Crippen molar-refractivity contribution in [2.75, 3.05) is 0 Å². The van der Waals surface area contributed by atoms with E-state index in [2.05, 4.69) is 0 Å². The predicted molar refractivity (Wildman–Crippen MR) is 63.6 cm³/mol. The maximum absolute atomic E-state index is 14.0. The van der Waals surface area contributed by atoms with E-state index in [0.717, 1.165) is 19.3 Å². The lowest BCUT2D eigenvalue weighted by molar-refractivity contribution is -0.311. The van der Waals surface area contributed by atoms with Gasteiger partial charge in [-0.2, -0.15) is 13.2 Å². The van der Waals surface area contributed by atoms with Gasteiger partial charge in [-0.25, -0.2) is 8.78 Å². The third kappa shape index (κ3) is 2.36. The van der Waals surface area contributed by atoms with Gasteiger partial charge in [0, 0.05) is 5.41 Å². The Morgan fingerprint density at radius 3 is 1.52 bits per heavy atom. The Bertz CT molecular complexity index is 385. The van der Waals surface area contributed by atoms with Crippen LogP contribution < -0.4 is 0 Å². The normalized spacial score (nSPS) is 42.1. The molecule has 4 saturated carbocycles. The molecule has 2 atom stereocenters. The summed E-state index contributed by atoms with van der Waals surface area (Å²) in [6, 6.07) is 0. The van der Waals surface area contributed by atoms with Gasteiger partial charge in [0.2, 0.25) is 6.10 Å². The van der Waals surface area contributed by atoms with Crippen LogP contribution in [0.1, 0.15) is 38.5 Å². The molecule has 7 heteroatoms. The predicted octanol–water partition coefficient (Wildman–Crippen LogP) is 3.12. The molecule has 0 aromatic rings. The fourth-order valence-corrected chi connectivity index (χ4v) is 5.29. The largest absolute Gasteiger partial charge is 0.420 e. The lowest BCUT2D eigenvalue weighted by Gasteiger charge is -2.59. The van der Waals surface area contributed by atoms with Crippen molar-refractivity contribution in [3.63, 3.8) is 0 Å². The van der Waals surface area contributed by atoms with Crippen molar-refractivity contribution in [1.29, 1.82) is 0 Å². The van der Waals surface area contributed by atoms with E-state index in [9.17, 15) is 27.1 Å². The fourth-order valence-electron chi connectivity index (χ4n) is 5.29. The second-order valence-corrected chi connectivity index (χ2v) is 7.30. The monoisotopic (exact) mass is 314 g/mol. The van der Waals surface area contributed by atoms with Crippen molar-refractivity contribution >= 4 is 0 Å². The molecule has 0 heterocycles. The fraction of sp³-hybridized carbons (Fsp3) is 1.00. The van der Waals surface area contributed by atoms with Crippen LogP contribution in [0.2, 0.25) is 0 Å². The molecule has 4 fully saturated rings. The number of aliphatic hydroxyl groups is 2. The van der Waals surface area contributed by atoms with E-state index in [4.69, 9.17) is 5.11 Å². The molecule has 0 spiro atoms. The van der Waals surface area contributed by atoms with Crippen molar-refractivity contribution in [3.8, 4) is 0 Å². The third-order valence-corrected chi connectivity index (χ3v) is 5.70. The molecule has 0 aromatic carbocycles. The Morgan fingerprint density at radius 1 is 0.810 bits per heavy atom. The van der Waals surface area contributed by atoms with Gasteiger partial charge in [-0.15, -0.1) is 0 Å². The second-order valence-electron chi connectivity index (χ2n) is 7.30. The summed E-state index contributed by atoms with van der Waals surface area (Å²) in [4.78, 5) is 0. The Kier molecular flexibility index (Phi) is 3.34. The van der Waals surface area contributed by atoms with Crippen molar-refractivity contribution in [1.82, 2.24) is 0 Å². The summed E-state index contributed by atoms with van der Waals surface area (Å²) in [7, 11) is 0. The van der Waals surface area contributed by atoms with E-state index in [1.165, 1.54) is 0 Å². The summed E-state index contributed by atoms with van der Waals surface area (Å²) < 4.78 is 65.3. The van der Waals surface area contributed by atoms with Crippen molar-refractivity contribution in [3.05, 3.63) is 0 Å². The zero-order valence-electron chi connectivity index (χ0n) is 11.4. The quantitative estimate of drug-likeness (QED) is 0.786. The topological polar surface area (TPSA) is 40.5 Å². The first kappa shape index (κ1) is 15.5. The summed E-state index contributed by atoms with van der Waals surface area (Å²) in [6.07, 6.45) is -7.85. The van der Waals surface area contributed by atoms with Crippen LogP contribution >= 0.6 is 0 Å². The van der Waals surface area contributed by atoms with Crippen LogP contribution in [0.15, 0.2) is 0 Å². The number of hydrogen-bond donors (Lipinski definition) is 2. The Hall–Kier alpha value is -0.430. The molecule has 4 bridgehead atoms. The van der Waals surface area contributed by atoms with Crippen LogP contribution in [0.3, 0.4) is 0 Å². The maximum Gasteiger partial charge on any atom is 0.420 e. The number of alkyl halides is 5. The minimum atomic E-state index is -5.44. The maximum atomic E-state index is 14.0. The highest BCUT2D eigenvalue weighted by atomic mass is 19.4. The molecule has 0 amide bonds. The van der Waals surface area contributed by atoms with Crippen LogP contribution in [0, 0.1) is 23.2 Å². The highest BCUT2D eigenvalue weighted by Gasteiger charge is 2.66. The van der Waals surface area contributed by atoms with Crippen LogP contribution in [-0.4, -0.2) is 34.5 Å². The highest BCUT2D eigenvalue weighted by Crippen LogP contribution is 2.63. The van der Waals surface area contributed by atoms with Crippen LogP contribution in [0.25, 0.3) is 0 Å². The smallest absolute Gasteiger partial charge is 0.386 e. The van der Waals surface area contributed by atoms with Crippen LogP contribution in [-0.2, 0) is 0 Å². The van der Waals surface area contributed by atoms with Gasteiger partial charge >= 0.3 is 12.1 Å². The lowest BCUT2D eigenvalue weighted by atomic mass is 9.47. The van der Waals surface area contributed by atoms with E-state index in [0.29, 0.717) is 19.3 Å². The molecule has 0 aliphatic heterocycles. The van der Waals surface area contributed by atoms with E-state index >= 15 is 0 Å². The minimum absolute atomic E-state index is 0.227. The molecular formula is C14H19F5O2. The van der Waals surface area contributed by atoms with Gasteiger partial charge in [-0.3, -0.25) is 0 Å². The van der Waals surface area contributed by atoms with Gasteiger partial charge < -0.3 is 10.2 Å². The van der Waals surface area contributed by atoms with Crippen molar-refractivity contribution in [2.45, 2.75) is 62.8 Å². The van der Waals surface area contributed by atoms with E-state index in [1.807, 2.05) is 0 Å². The van der Waals surface area contributed by atoms with E-state index in [1.54, 1.807) is 0 Å². The summed E-state index contributed by atoms with van der Waals surface area (Å²) in [5.41, 5.74) is -1.16. The molecule has 0 radical (unpaired) electrons. The summed E-state index contributed by atoms with van der Waals surface area (Å²) in [5.74, 6) is -3.89. The minimum Gasteiger partial charge on any atom is -0.386 e. The molecule has 4 aliphatic rings. The molecule has 0 aromatic heterocycles. The van der Waals surface area contributed by atoms with Gasteiger partial charge in [0.1, 0.15) is 6.10 Å². The van der Waals surface area contributed by atoms with Gasteiger partial charge in [0.25, 0.3) is 0 Å². The SMILES string of the molecule is OC(C(F)(F)F)C(F)(F)C(O)C12CC3CC(CC(C3)C1)C2. The van der Waals surface area contributed by atoms with E-state index in [-0.39, 0.29) is 17.8 Å². The van der Waals surface area contributed by atoms with Gasteiger partial charge in [0.15, 0.2) is 0 Å². The third-order valence-electron chi connectivity index (χ3n) is 5.70. The number of halogens is 5. The molecular weight excluding hydrogens is 295 g/mol. The molecule has 122 valence electrons. The molecule has 21 heavy (non-hydrogen) atoms. The van der Waals surface area contributed by atoms with Crippen molar-refractivity contribution < 1.29 is 32.2 Å². The molecule has 2 N–H and O–H groups in total. The number of rotatable bonds is 3. The van der Waals surface area contributed by atoms with Gasteiger partial charge in [-0.05, 0) is 56.3 Å². The Labute approximate surface area is 119 Å². The first-order chi connectivity index (χ1) is 9.54. The summed E-state index contributed by atoms with van der Waals surface area (Å²) in [5, 5.41) is 19.0. The number of aliphatic hydroxyl groups excluding tert-OH is 2. The first-order valence-corrected chi connectivity index (χ1v) is 7.35. The standard InChI is InChI=1S/C14H19F5O2/c15-13(16,11(21)14(17,18)19)10(20)12-4-7-1-8(5-12)3-9(2-7)6-12/h7-11,20-21H,1-6H2. The van der Waals surface area contributed by atoms with Gasteiger partial charge in [0.05, 0.1) is 0 Å². The van der Waals surface area contributed by atoms with Crippen molar-refractivity contribution in [2.24, 2.45) is 23.2 Å². The lowest BCUT2D eigenvalue weighted by Crippen LogP contribution is -2.62.